The number of hydrogen-bond donors (Lipinski definition) is 3. The average Bonchev–Trinajstić information content (AvgIpc) is 3.49. The van der Waals surface area contributed by atoms with Crippen LogP contribution in [0.1, 0.15) is 43.0 Å². The first-order valence-corrected chi connectivity index (χ1v) is 13.8. The zero-order chi connectivity index (χ0) is 26.1. The van der Waals surface area contributed by atoms with E-state index in [0.29, 0.717) is 12.8 Å². The van der Waals surface area contributed by atoms with Crippen LogP contribution in [0, 0.1) is 17.8 Å². The van der Waals surface area contributed by atoms with Crippen LogP contribution in [0.15, 0.2) is 58.5 Å². The molecular formula is C28H32BNO6S. The van der Waals surface area contributed by atoms with E-state index in [1.807, 2.05) is 29.6 Å². The third-order valence-electron chi connectivity index (χ3n) is 7.93. The molecule has 1 aromatic heterocycles. The van der Waals surface area contributed by atoms with Crippen LogP contribution in [0.5, 0.6) is 5.75 Å². The van der Waals surface area contributed by atoms with Crippen LogP contribution in [0.2, 0.25) is 6.32 Å². The summed E-state index contributed by atoms with van der Waals surface area (Å²) in [5.41, 5.74) is 3.85. The monoisotopic (exact) mass is 521 g/mol. The first-order valence-electron chi connectivity index (χ1n) is 12.9. The molecule has 3 aliphatic rings. The van der Waals surface area contributed by atoms with Crippen molar-refractivity contribution in [3.05, 3.63) is 68.9 Å². The summed E-state index contributed by atoms with van der Waals surface area (Å²) < 4.78 is 5.99. The Morgan fingerprint density at radius 3 is 2.65 bits per heavy atom. The fraction of sp³-hybridized carbons (Fsp3) is 0.429. The van der Waals surface area contributed by atoms with Crippen molar-refractivity contribution in [1.82, 2.24) is 4.90 Å². The number of fused-ring (bicyclic) bond motifs is 3. The van der Waals surface area contributed by atoms with E-state index in [1.54, 1.807) is 12.1 Å². The highest BCUT2D eigenvalue weighted by Gasteiger charge is 2.57. The molecule has 4 atom stereocenters. The fourth-order valence-corrected chi connectivity index (χ4v) is 6.86. The molecule has 9 heteroatoms. The lowest BCUT2D eigenvalue weighted by molar-refractivity contribution is -0.140. The van der Waals surface area contributed by atoms with Crippen LogP contribution < -0.4 is 0 Å². The number of benzene rings is 1. The molecule has 0 spiro atoms. The topological polar surface area (TPSA) is 107 Å². The zero-order valence-corrected chi connectivity index (χ0v) is 21.7. The van der Waals surface area contributed by atoms with Crippen LogP contribution in [-0.4, -0.2) is 51.8 Å². The first-order chi connectivity index (χ1) is 17.9. The molecule has 5 rings (SSSR count). The highest BCUT2D eigenvalue weighted by atomic mass is 32.1. The Hall–Kier alpha value is -2.72. The number of allylic oxidation sites excluding steroid dienone is 1. The van der Waals surface area contributed by atoms with Gasteiger partial charge in [-0.2, -0.15) is 0 Å². The second-order valence-electron chi connectivity index (χ2n) is 10.1. The molecule has 2 aliphatic heterocycles. The Balaban J connectivity index is 1.38. The zero-order valence-electron chi connectivity index (χ0n) is 20.9. The Labute approximate surface area is 221 Å². The number of rotatable bonds is 8. The number of nitrogens with zero attached hydrogens (tertiary/aromatic N) is 1. The molecule has 2 saturated heterocycles. The lowest BCUT2D eigenvalue weighted by Gasteiger charge is -2.43. The molecule has 0 radical (unpaired) electrons. The molecule has 2 amide bonds. The van der Waals surface area contributed by atoms with Gasteiger partial charge in [0.05, 0.1) is 31.1 Å². The maximum absolute atomic E-state index is 13.6. The maximum Gasteiger partial charge on any atom is 0.455 e. The summed E-state index contributed by atoms with van der Waals surface area (Å²) in [7, 11) is -1.03. The SMILES string of the molecule is CC/C(=C\c1ccc(O)cc1)CC[C@H]1OB(O)C[C@H]2C1=C(CO)C[C@H]1C(=O)N(Cc3cccs3)C(=O)[C@H]12. The molecule has 2 fully saturated rings. The predicted molar refractivity (Wildman–Crippen MR) is 142 cm³/mol. The molecule has 194 valence electrons. The van der Waals surface area contributed by atoms with E-state index >= 15 is 0 Å². The minimum absolute atomic E-state index is 0.183. The Morgan fingerprint density at radius 1 is 1.19 bits per heavy atom. The van der Waals surface area contributed by atoms with E-state index in [0.717, 1.165) is 34.4 Å². The molecule has 0 saturated carbocycles. The van der Waals surface area contributed by atoms with Crippen molar-refractivity contribution in [2.24, 2.45) is 17.8 Å². The van der Waals surface area contributed by atoms with Crippen LogP contribution in [0.3, 0.4) is 0 Å². The number of aliphatic hydroxyl groups is 1. The summed E-state index contributed by atoms with van der Waals surface area (Å²) in [6, 6.07) is 10.9. The van der Waals surface area contributed by atoms with E-state index < -0.39 is 25.1 Å². The molecule has 0 bridgehead atoms. The summed E-state index contributed by atoms with van der Waals surface area (Å²) >= 11 is 1.51. The number of aliphatic hydroxyl groups excluding tert-OH is 1. The Bertz CT molecular complexity index is 1210. The fourth-order valence-electron chi connectivity index (χ4n) is 6.16. The van der Waals surface area contributed by atoms with Gasteiger partial charge in [0.2, 0.25) is 11.8 Å². The van der Waals surface area contributed by atoms with Gasteiger partial charge in [-0.3, -0.25) is 14.5 Å². The maximum atomic E-state index is 13.6. The van der Waals surface area contributed by atoms with Crippen molar-refractivity contribution in [3.63, 3.8) is 0 Å². The van der Waals surface area contributed by atoms with E-state index in [-0.39, 0.29) is 43.0 Å². The number of phenols is 1. The Morgan fingerprint density at radius 2 is 1.97 bits per heavy atom. The molecule has 3 N–H and O–H groups in total. The van der Waals surface area contributed by atoms with Crippen molar-refractivity contribution in [2.45, 2.75) is 51.6 Å². The number of likely N-dealkylation sites (tertiary alicyclic amines) is 1. The van der Waals surface area contributed by atoms with Crippen molar-refractivity contribution < 1.29 is 29.5 Å². The molecular weight excluding hydrogens is 489 g/mol. The average molecular weight is 521 g/mol. The summed E-state index contributed by atoms with van der Waals surface area (Å²) in [6.07, 6.45) is 4.40. The van der Waals surface area contributed by atoms with Gasteiger partial charge in [-0.05, 0) is 78.2 Å². The third kappa shape index (κ3) is 5.18. The van der Waals surface area contributed by atoms with E-state index in [9.17, 15) is 24.8 Å². The number of aromatic hydroxyl groups is 1. The van der Waals surface area contributed by atoms with Crippen LogP contribution in [0.4, 0.5) is 0 Å². The van der Waals surface area contributed by atoms with Gasteiger partial charge in [-0.25, -0.2) is 0 Å². The quantitative estimate of drug-likeness (QED) is 0.275. The van der Waals surface area contributed by atoms with E-state index in [2.05, 4.69) is 13.0 Å². The van der Waals surface area contributed by atoms with Crippen LogP contribution >= 0.6 is 11.3 Å². The molecule has 3 heterocycles. The van der Waals surface area contributed by atoms with Gasteiger partial charge >= 0.3 is 7.12 Å². The summed E-state index contributed by atoms with van der Waals surface area (Å²) in [5.74, 6) is -1.51. The molecule has 1 aliphatic carbocycles. The summed E-state index contributed by atoms with van der Waals surface area (Å²) in [5, 5.41) is 32.4. The van der Waals surface area contributed by atoms with Crippen molar-refractivity contribution in [3.8, 4) is 5.75 Å². The van der Waals surface area contributed by atoms with Crippen molar-refractivity contribution in [2.75, 3.05) is 6.61 Å². The second-order valence-corrected chi connectivity index (χ2v) is 11.1. The van der Waals surface area contributed by atoms with Crippen molar-refractivity contribution >= 4 is 36.3 Å². The van der Waals surface area contributed by atoms with Gasteiger partial charge in [-0.1, -0.05) is 36.8 Å². The van der Waals surface area contributed by atoms with Gasteiger partial charge in [0.1, 0.15) is 5.75 Å². The van der Waals surface area contributed by atoms with E-state index in [4.69, 9.17) is 4.65 Å². The number of carbonyl (C=O) groups excluding carboxylic acids is 2. The number of phenolic OH excluding ortho intramolecular Hbond substituents is 1. The lowest BCUT2D eigenvalue weighted by atomic mass is 9.58. The smallest absolute Gasteiger partial charge is 0.455 e. The minimum atomic E-state index is -1.03. The molecule has 7 nitrogen and oxygen atoms in total. The minimum Gasteiger partial charge on any atom is -0.508 e. The molecule has 1 aromatic carbocycles. The highest BCUT2D eigenvalue weighted by molar-refractivity contribution is 7.09. The lowest BCUT2D eigenvalue weighted by Crippen LogP contribution is -2.46. The molecule has 37 heavy (non-hydrogen) atoms. The Kier molecular flexibility index (Phi) is 7.67. The summed E-state index contributed by atoms with van der Waals surface area (Å²) in [4.78, 5) is 29.2. The number of amides is 2. The number of hydrogen-bond acceptors (Lipinski definition) is 7. The van der Waals surface area contributed by atoms with Crippen LogP contribution in [0.25, 0.3) is 6.08 Å². The normalized spacial score (nSPS) is 26.1. The van der Waals surface area contributed by atoms with Crippen LogP contribution in [-0.2, 0) is 20.8 Å². The number of imide groups is 1. The summed E-state index contributed by atoms with van der Waals surface area (Å²) in [6.45, 7) is 2.16. The van der Waals surface area contributed by atoms with Gasteiger partial charge < -0.3 is 19.9 Å². The second kappa shape index (κ2) is 11.0. The number of thiophene rings is 1. The third-order valence-corrected chi connectivity index (χ3v) is 8.79. The number of carbonyl (C=O) groups is 2. The van der Waals surface area contributed by atoms with Gasteiger partial charge in [0, 0.05) is 4.88 Å². The van der Waals surface area contributed by atoms with Gasteiger partial charge in [-0.15, -0.1) is 11.3 Å². The largest absolute Gasteiger partial charge is 0.508 e. The van der Waals surface area contributed by atoms with Gasteiger partial charge in [0.15, 0.2) is 0 Å². The van der Waals surface area contributed by atoms with Gasteiger partial charge in [0.25, 0.3) is 0 Å². The predicted octanol–water partition coefficient (Wildman–Crippen LogP) is 4.02. The molecule has 2 aromatic rings. The van der Waals surface area contributed by atoms with E-state index in [1.165, 1.54) is 21.8 Å². The highest BCUT2D eigenvalue weighted by Crippen LogP contribution is 2.50. The van der Waals surface area contributed by atoms with Crippen molar-refractivity contribution in [1.29, 1.82) is 0 Å². The standard InChI is InChI=1S/C28H32BNO6S/c1-2-17(12-18-5-8-20(32)9-6-18)7-10-24-25-19(16-31)13-22-26(23(25)14-29(35)36-24)28(34)30(27(22)33)15-21-4-3-11-37-21/h3-6,8-9,11-12,22-24,26,31-32,35H,2,7,10,13-16H2,1H3/b17-12+/t22-,23+,24-,26-/m1/s1. The first kappa shape index (κ1) is 25.9. The molecule has 0 unspecified atom stereocenters.